The van der Waals surface area contributed by atoms with Crippen molar-refractivity contribution >= 4 is 33.6 Å². The quantitative estimate of drug-likeness (QED) is 0.603. The fraction of sp³-hybridized carbons (Fsp3) is 0.400. The van der Waals surface area contributed by atoms with E-state index in [-0.39, 0.29) is 10.8 Å². The van der Waals surface area contributed by atoms with Crippen molar-refractivity contribution in [1.82, 2.24) is 15.6 Å². The number of rotatable bonds is 6. The van der Waals surface area contributed by atoms with Crippen molar-refractivity contribution in [3.63, 3.8) is 0 Å². The van der Waals surface area contributed by atoms with Gasteiger partial charge in [-0.1, -0.05) is 37.1 Å². The van der Waals surface area contributed by atoms with E-state index in [0.29, 0.717) is 6.54 Å². The van der Waals surface area contributed by atoms with E-state index < -0.39 is 16.2 Å². The maximum Gasteiger partial charge on any atom is 0.296 e. The monoisotopic (exact) mass is 465 g/mol. The highest BCUT2D eigenvalue weighted by Crippen LogP contribution is 2.32. The minimum atomic E-state index is -0.949. The van der Waals surface area contributed by atoms with Gasteiger partial charge in [0.25, 0.3) is 5.24 Å². The summed E-state index contributed by atoms with van der Waals surface area (Å²) in [5.41, 5.74) is 2.69. The molecule has 1 aromatic heterocycles. The van der Waals surface area contributed by atoms with Crippen molar-refractivity contribution in [2.24, 2.45) is 4.47 Å². The number of pyridine rings is 1. The second-order valence-corrected chi connectivity index (χ2v) is 11.0. The molecule has 2 aromatic rings. The number of aldehydes is 1. The first-order chi connectivity index (χ1) is 15.8. The first-order valence-electron chi connectivity index (χ1n) is 11.3. The zero-order valence-corrected chi connectivity index (χ0v) is 20.2. The van der Waals surface area contributed by atoms with Crippen LogP contribution in [0, 0.1) is 0 Å². The Morgan fingerprint density at radius 1 is 1.15 bits per heavy atom. The van der Waals surface area contributed by atoms with Gasteiger partial charge in [0.15, 0.2) is 0 Å². The summed E-state index contributed by atoms with van der Waals surface area (Å²) in [5, 5.41) is 10.0. The SMILES string of the molecule is CC(C)(C)NC(=O)S1=NN(c2ccccc2)C(c2ccc(CNC3(C=O)CCCC3)cn2)=C1. The van der Waals surface area contributed by atoms with Gasteiger partial charge in [-0.05, 0) is 57.4 Å². The van der Waals surface area contributed by atoms with Crippen LogP contribution < -0.4 is 15.6 Å². The smallest absolute Gasteiger partial charge is 0.296 e. The summed E-state index contributed by atoms with van der Waals surface area (Å²) in [6.45, 7) is 6.46. The first-order valence-corrected chi connectivity index (χ1v) is 12.5. The standard InChI is InChI=1S/C25H31N5O2S/c1-24(2,3)28-23(32)33-17-22(30(29-33)20-9-5-4-6-10-20)21-12-11-19(15-26-21)16-27-25(18-31)13-7-8-14-25/h4-6,9-12,15,17-18,27H,7-8,13-14,16H2,1-3H3,(H,28,32). The molecule has 0 radical (unpaired) electrons. The lowest BCUT2D eigenvalue weighted by Crippen LogP contribution is -2.43. The summed E-state index contributed by atoms with van der Waals surface area (Å²) in [4.78, 5) is 29.1. The Kier molecular flexibility index (Phi) is 6.76. The molecule has 1 saturated carbocycles. The number of hydrogen-bond acceptors (Lipinski definition) is 6. The largest absolute Gasteiger partial charge is 0.341 e. The van der Waals surface area contributed by atoms with Crippen LogP contribution in [0.3, 0.4) is 0 Å². The van der Waals surface area contributed by atoms with E-state index >= 15 is 0 Å². The topological polar surface area (TPSA) is 86.7 Å². The Morgan fingerprint density at radius 2 is 1.88 bits per heavy atom. The predicted molar refractivity (Wildman–Crippen MR) is 133 cm³/mol. The van der Waals surface area contributed by atoms with Gasteiger partial charge < -0.3 is 15.4 Å². The molecule has 174 valence electrons. The van der Waals surface area contributed by atoms with Crippen LogP contribution in [0.1, 0.15) is 57.7 Å². The third-order valence-electron chi connectivity index (χ3n) is 5.74. The molecule has 0 bridgehead atoms. The van der Waals surface area contributed by atoms with Crippen LogP contribution >= 0.6 is 0 Å². The average Bonchev–Trinajstić information content (AvgIpc) is 3.46. The van der Waals surface area contributed by atoms with Gasteiger partial charge in [-0.25, -0.2) is 5.01 Å². The molecule has 4 rings (SSSR count). The summed E-state index contributed by atoms with van der Waals surface area (Å²) in [5.74, 6) is 0. The number of nitrogens with one attached hydrogen (secondary N) is 2. The molecule has 0 saturated heterocycles. The highest BCUT2D eigenvalue weighted by atomic mass is 32.2. The second kappa shape index (κ2) is 9.57. The van der Waals surface area contributed by atoms with E-state index in [1.807, 2.05) is 74.8 Å². The Labute approximate surface area is 197 Å². The van der Waals surface area contributed by atoms with E-state index in [1.165, 1.54) is 0 Å². The van der Waals surface area contributed by atoms with E-state index in [9.17, 15) is 9.59 Å². The number of hydrogen-bond donors (Lipinski definition) is 2. The molecule has 1 aliphatic carbocycles. The van der Waals surface area contributed by atoms with Crippen LogP contribution in [0.4, 0.5) is 10.5 Å². The third kappa shape index (κ3) is 5.57. The third-order valence-corrected chi connectivity index (χ3v) is 7.01. The van der Waals surface area contributed by atoms with Gasteiger partial charge in [0.2, 0.25) is 0 Å². The summed E-state index contributed by atoms with van der Waals surface area (Å²) >= 11 is 0. The van der Waals surface area contributed by atoms with E-state index in [2.05, 4.69) is 15.6 Å². The number of amides is 1. The number of para-hydroxylation sites is 1. The van der Waals surface area contributed by atoms with E-state index in [1.54, 1.807) is 5.01 Å². The summed E-state index contributed by atoms with van der Waals surface area (Å²) < 4.78 is 4.70. The maximum absolute atomic E-state index is 12.8. The van der Waals surface area contributed by atoms with Crippen LogP contribution in [0.25, 0.3) is 5.70 Å². The number of benzene rings is 1. The minimum absolute atomic E-state index is 0.116. The van der Waals surface area contributed by atoms with Gasteiger partial charge in [-0.2, -0.15) is 0 Å². The number of aromatic nitrogens is 1. The Hall–Kier alpha value is -2.84. The first kappa shape index (κ1) is 23.3. The molecule has 7 nitrogen and oxygen atoms in total. The van der Waals surface area contributed by atoms with Gasteiger partial charge in [0.1, 0.15) is 6.29 Å². The van der Waals surface area contributed by atoms with Crippen LogP contribution in [0.15, 0.2) is 58.5 Å². The number of carbonyl (C=O) groups excluding carboxylic acids is 2. The molecule has 2 heterocycles. The lowest BCUT2D eigenvalue weighted by atomic mass is 9.99. The molecule has 1 atom stereocenters. The van der Waals surface area contributed by atoms with E-state index in [4.69, 9.17) is 4.47 Å². The van der Waals surface area contributed by atoms with Crippen molar-refractivity contribution in [1.29, 1.82) is 0 Å². The maximum atomic E-state index is 12.8. The zero-order chi connectivity index (χ0) is 23.5. The molecule has 33 heavy (non-hydrogen) atoms. The van der Waals surface area contributed by atoms with Crippen molar-refractivity contribution < 1.29 is 9.59 Å². The van der Waals surface area contributed by atoms with E-state index in [0.717, 1.165) is 54.6 Å². The van der Waals surface area contributed by atoms with Gasteiger partial charge in [-0.3, -0.25) is 9.78 Å². The van der Waals surface area contributed by atoms with Crippen LogP contribution in [-0.4, -0.2) is 27.6 Å². The van der Waals surface area contributed by atoms with Gasteiger partial charge in [-0.15, -0.1) is 4.47 Å². The molecule has 1 fully saturated rings. The van der Waals surface area contributed by atoms with Crippen molar-refractivity contribution in [3.8, 4) is 0 Å². The highest BCUT2D eigenvalue weighted by Gasteiger charge is 2.32. The lowest BCUT2D eigenvalue weighted by Gasteiger charge is -2.23. The molecule has 1 amide bonds. The minimum Gasteiger partial charge on any atom is -0.341 e. The van der Waals surface area contributed by atoms with Crippen molar-refractivity contribution in [2.75, 3.05) is 5.01 Å². The fourth-order valence-corrected chi connectivity index (χ4v) is 5.41. The van der Waals surface area contributed by atoms with Gasteiger partial charge in [0.05, 0.1) is 22.6 Å². The fourth-order valence-electron chi connectivity index (χ4n) is 3.99. The Balaban J connectivity index is 1.55. The van der Waals surface area contributed by atoms with Crippen molar-refractivity contribution in [3.05, 3.63) is 65.3 Å². The molecule has 1 aliphatic heterocycles. The molecule has 2 aliphatic rings. The summed E-state index contributed by atoms with van der Waals surface area (Å²) in [7, 11) is -0.949. The number of carbonyl (C=O) groups is 2. The zero-order valence-electron chi connectivity index (χ0n) is 19.4. The Morgan fingerprint density at radius 3 is 2.48 bits per heavy atom. The normalized spacial score (nSPS) is 19.7. The van der Waals surface area contributed by atoms with Gasteiger partial charge >= 0.3 is 0 Å². The van der Waals surface area contributed by atoms with Gasteiger partial charge in [0, 0.05) is 34.4 Å². The summed E-state index contributed by atoms with van der Waals surface area (Å²) in [6, 6.07) is 13.7. The average molecular weight is 466 g/mol. The molecule has 8 heteroatoms. The summed E-state index contributed by atoms with van der Waals surface area (Å²) in [6.07, 6.45) is 6.84. The lowest BCUT2D eigenvalue weighted by molar-refractivity contribution is -0.113. The highest BCUT2D eigenvalue weighted by molar-refractivity contribution is 8.05. The second-order valence-electron chi connectivity index (χ2n) is 9.60. The molecule has 1 unspecified atom stereocenters. The number of anilines is 1. The van der Waals surface area contributed by atoms with Crippen LogP contribution in [-0.2, 0) is 22.0 Å². The van der Waals surface area contributed by atoms with Crippen LogP contribution in [0.2, 0.25) is 0 Å². The molecule has 0 spiro atoms. The molecular formula is C25H31N5O2S. The number of nitrogens with zero attached hydrogens (tertiary/aromatic N) is 3. The molecular weight excluding hydrogens is 434 g/mol. The predicted octanol–water partition coefficient (Wildman–Crippen LogP) is 4.73. The molecule has 1 aromatic carbocycles. The van der Waals surface area contributed by atoms with Crippen molar-refractivity contribution in [2.45, 2.75) is 64.1 Å². The molecule has 2 N–H and O–H groups in total. The Bertz CT molecular complexity index is 1070. The van der Waals surface area contributed by atoms with Crippen LogP contribution in [0.5, 0.6) is 0 Å².